The van der Waals surface area contributed by atoms with Gasteiger partial charge >= 0.3 is 0 Å². The predicted molar refractivity (Wildman–Crippen MR) is 106 cm³/mol. The van der Waals surface area contributed by atoms with Crippen LogP contribution in [0.4, 0.5) is 0 Å². The SMILES string of the molecule is CCC(C)n1c(O)c(C(=O)c2oc3ccc(Cl)cc3c2C)c(C)c(C#N)c1=O. The fourth-order valence-corrected chi connectivity index (χ4v) is 3.48. The molecule has 0 aliphatic carbocycles. The Morgan fingerprint density at radius 1 is 1.36 bits per heavy atom. The molecule has 0 saturated heterocycles. The fourth-order valence-electron chi connectivity index (χ4n) is 3.31. The van der Waals surface area contributed by atoms with Crippen LogP contribution in [0, 0.1) is 25.2 Å². The van der Waals surface area contributed by atoms with Crippen molar-refractivity contribution in [2.45, 2.75) is 40.2 Å². The number of hydrogen-bond acceptors (Lipinski definition) is 5. The van der Waals surface area contributed by atoms with Crippen LogP contribution in [0.5, 0.6) is 5.88 Å². The highest BCUT2D eigenvalue weighted by atomic mass is 35.5. The molecule has 0 bridgehead atoms. The molecule has 6 nitrogen and oxygen atoms in total. The molecule has 144 valence electrons. The lowest BCUT2D eigenvalue weighted by Gasteiger charge is -2.19. The summed E-state index contributed by atoms with van der Waals surface area (Å²) >= 11 is 6.03. The lowest BCUT2D eigenvalue weighted by molar-refractivity contribution is 0.100. The molecule has 0 amide bonds. The smallest absolute Gasteiger partial charge is 0.271 e. The number of nitrogens with zero attached hydrogens (tertiary/aromatic N) is 2. The van der Waals surface area contributed by atoms with Gasteiger partial charge in [0.25, 0.3) is 5.56 Å². The number of ketones is 1. The van der Waals surface area contributed by atoms with E-state index in [2.05, 4.69) is 0 Å². The van der Waals surface area contributed by atoms with Crippen LogP contribution >= 0.6 is 11.6 Å². The molecule has 0 saturated carbocycles. The van der Waals surface area contributed by atoms with Gasteiger partial charge in [0.15, 0.2) is 5.76 Å². The largest absolute Gasteiger partial charge is 0.494 e. The summed E-state index contributed by atoms with van der Waals surface area (Å²) in [6.45, 7) is 6.78. The number of nitriles is 1. The first-order valence-electron chi connectivity index (χ1n) is 8.84. The zero-order valence-corrected chi connectivity index (χ0v) is 16.7. The molecule has 2 heterocycles. The molecule has 1 atom stereocenters. The van der Waals surface area contributed by atoms with E-state index in [1.54, 1.807) is 32.0 Å². The van der Waals surface area contributed by atoms with Crippen molar-refractivity contribution >= 4 is 28.4 Å². The number of aromatic hydroxyl groups is 1. The molecule has 28 heavy (non-hydrogen) atoms. The minimum atomic E-state index is -0.614. The number of halogens is 1. The van der Waals surface area contributed by atoms with Gasteiger partial charge in [0.2, 0.25) is 11.7 Å². The van der Waals surface area contributed by atoms with Gasteiger partial charge in [-0.25, -0.2) is 0 Å². The average Bonchev–Trinajstić information content (AvgIpc) is 2.98. The van der Waals surface area contributed by atoms with Crippen LogP contribution in [-0.2, 0) is 0 Å². The van der Waals surface area contributed by atoms with Crippen molar-refractivity contribution < 1.29 is 14.3 Å². The molecule has 0 spiro atoms. The summed E-state index contributed by atoms with van der Waals surface area (Å²) in [7, 11) is 0. The van der Waals surface area contributed by atoms with Gasteiger partial charge in [0.1, 0.15) is 17.2 Å². The van der Waals surface area contributed by atoms with Gasteiger partial charge in [-0.15, -0.1) is 0 Å². The zero-order valence-electron chi connectivity index (χ0n) is 16.0. The summed E-state index contributed by atoms with van der Waals surface area (Å²) in [5.41, 5.74) is 0.297. The second-order valence-electron chi connectivity index (χ2n) is 6.77. The molecule has 0 fully saturated rings. The third kappa shape index (κ3) is 2.88. The lowest BCUT2D eigenvalue weighted by Crippen LogP contribution is -2.28. The second-order valence-corrected chi connectivity index (χ2v) is 7.21. The van der Waals surface area contributed by atoms with Crippen molar-refractivity contribution in [1.29, 1.82) is 5.26 Å². The monoisotopic (exact) mass is 398 g/mol. The van der Waals surface area contributed by atoms with E-state index in [0.29, 0.717) is 28.0 Å². The first kappa shape index (κ1) is 19.7. The molecular weight excluding hydrogens is 380 g/mol. The molecule has 1 N–H and O–H groups in total. The standard InChI is InChI=1S/C21H19ClN2O4/c1-5-10(2)24-20(26)15(9-23)11(3)17(21(24)27)18(25)19-12(4)14-8-13(22)6-7-16(14)28-19/h6-8,10,27H,5H2,1-4H3. The summed E-state index contributed by atoms with van der Waals surface area (Å²) in [5.74, 6) is -1.01. The van der Waals surface area contributed by atoms with E-state index in [9.17, 15) is 20.0 Å². The number of aromatic nitrogens is 1. The van der Waals surface area contributed by atoms with Crippen molar-refractivity contribution in [2.75, 3.05) is 0 Å². The molecule has 2 aromatic heterocycles. The normalized spacial score (nSPS) is 12.1. The summed E-state index contributed by atoms with van der Waals surface area (Å²) in [6.07, 6.45) is 0.539. The minimum absolute atomic E-state index is 0.0360. The van der Waals surface area contributed by atoms with E-state index in [-0.39, 0.29) is 28.5 Å². The third-order valence-corrected chi connectivity index (χ3v) is 5.34. The van der Waals surface area contributed by atoms with E-state index < -0.39 is 17.2 Å². The summed E-state index contributed by atoms with van der Waals surface area (Å²) < 4.78 is 6.81. The molecule has 7 heteroatoms. The number of aryl methyl sites for hydroxylation is 1. The number of fused-ring (bicyclic) bond motifs is 1. The fraction of sp³-hybridized carbons (Fsp3) is 0.286. The summed E-state index contributed by atoms with van der Waals surface area (Å²) in [4.78, 5) is 25.9. The summed E-state index contributed by atoms with van der Waals surface area (Å²) in [6, 6.07) is 6.48. The highest BCUT2D eigenvalue weighted by Gasteiger charge is 2.29. The van der Waals surface area contributed by atoms with Crippen molar-refractivity contribution in [2.24, 2.45) is 0 Å². The van der Waals surface area contributed by atoms with Crippen molar-refractivity contribution in [3.05, 3.63) is 61.6 Å². The van der Waals surface area contributed by atoms with E-state index in [1.165, 1.54) is 6.92 Å². The molecule has 3 aromatic rings. The van der Waals surface area contributed by atoms with Crippen LogP contribution in [-0.4, -0.2) is 15.5 Å². The van der Waals surface area contributed by atoms with E-state index >= 15 is 0 Å². The van der Waals surface area contributed by atoms with Crippen LogP contribution in [0.15, 0.2) is 27.4 Å². The van der Waals surface area contributed by atoms with Crippen molar-refractivity contribution in [3.63, 3.8) is 0 Å². The molecule has 0 aliphatic rings. The Bertz CT molecular complexity index is 1210. The zero-order chi connectivity index (χ0) is 20.7. The Kier molecular flexibility index (Phi) is 5.05. The van der Waals surface area contributed by atoms with E-state index in [4.69, 9.17) is 16.0 Å². The molecule has 3 rings (SSSR count). The van der Waals surface area contributed by atoms with Crippen molar-refractivity contribution in [3.8, 4) is 11.9 Å². The van der Waals surface area contributed by atoms with Gasteiger partial charge in [-0.05, 0) is 51.0 Å². The molecule has 1 aromatic carbocycles. The first-order chi connectivity index (χ1) is 13.2. The quantitative estimate of drug-likeness (QED) is 0.645. The number of carbonyl (C=O) groups is 1. The van der Waals surface area contributed by atoms with Gasteiger partial charge in [-0.3, -0.25) is 14.2 Å². The Hall–Kier alpha value is -3.04. The molecule has 0 aliphatic heterocycles. The Labute approximate surface area is 166 Å². The maximum atomic E-state index is 13.3. The molecular formula is C21H19ClN2O4. The highest BCUT2D eigenvalue weighted by molar-refractivity contribution is 6.31. The Balaban J connectivity index is 2.32. The number of rotatable bonds is 4. The lowest BCUT2D eigenvalue weighted by atomic mass is 9.98. The topological polar surface area (TPSA) is 96.2 Å². The predicted octanol–water partition coefficient (Wildman–Crippen LogP) is 4.64. The minimum Gasteiger partial charge on any atom is -0.494 e. The first-order valence-corrected chi connectivity index (χ1v) is 9.22. The van der Waals surface area contributed by atoms with E-state index in [0.717, 1.165) is 4.57 Å². The third-order valence-electron chi connectivity index (χ3n) is 5.11. The van der Waals surface area contributed by atoms with Gasteiger partial charge in [0.05, 0.1) is 5.56 Å². The number of hydrogen-bond donors (Lipinski definition) is 1. The number of benzene rings is 1. The van der Waals surface area contributed by atoms with Crippen molar-refractivity contribution in [1.82, 2.24) is 4.57 Å². The molecule has 0 radical (unpaired) electrons. The Morgan fingerprint density at radius 3 is 2.64 bits per heavy atom. The summed E-state index contributed by atoms with van der Waals surface area (Å²) in [5, 5.41) is 21.4. The van der Waals surface area contributed by atoms with Gasteiger partial charge in [-0.2, -0.15) is 5.26 Å². The van der Waals surface area contributed by atoms with E-state index in [1.807, 2.05) is 13.0 Å². The van der Waals surface area contributed by atoms with Crippen LogP contribution in [0.25, 0.3) is 11.0 Å². The number of carbonyl (C=O) groups excluding carboxylic acids is 1. The maximum absolute atomic E-state index is 13.3. The van der Waals surface area contributed by atoms with Gasteiger partial charge in [-0.1, -0.05) is 18.5 Å². The van der Waals surface area contributed by atoms with Crippen LogP contribution in [0.3, 0.4) is 0 Å². The van der Waals surface area contributed by atoms with Crippen LogP contribution in [0.1, 0.15) is 59.1 Å². The second kappa shape index (κ2) is 7.17. The highest BCUT2D eigenvalue weighted by Crippen LogP contribution is 2.33. The Morgan fingerprint density at radius 2 is 2.04 bits per heavy atom. The number of furan rings is 1. The molecule has 1 unspecified atom stereocenters. The van der Waals surface area contributed by atoms with Gasteiger partial charge < -0.3 is 9.52 Å². The van der Waals surface area contributed by atoms with Crippen LogP contribution < -0.4 is 5.56 Å². The van der Waals surface area contributed by atoms with Gasteiger partial charge in [0, 0.05) is 22.0 Å². The number of pyridine rings is 1. The van der Waals surface area contributed by atoms with Crippen LogP contribution in [0.2, 0.25) is 5.02 Å². The maximum Gasteiger partial charge on any atom is 0.271 e. The average molecular weight is 399 g/mol.